The Morgan fingerprint density at radius 1 is 0.840 bits per heavy atom. The predicted molar refractivity (Wildman–Crippen MR) is 105 cm³/mol. The first kappa shape index (κ1) is 19.4. The highest BCUT2D eigenvalue weighted by Gasteiger charge is 2.60. The quantitative estimate of drug-likeness (QED) is 0.682. The second-order valence-corrected chi connectivity index (χ2v) is 10.2. The average Bonchev–Trinajstić information content (AvgIpc) is 2.92. The van der Waals surface area contributed by atoms with Gasteiger partial charge in [-0.1, -0.05) is 26.7 Å². The fraction of sp³-hybridized carbons (Fsp3) is 0.957. The summed E-state index contributed by atoms with van der Waals surface area (Å²) in [6.07, 6.45) is 14.1. The molecule has 4 aliphatic carbocycles. The molecule has 0 heterocycles. The maximum atomic E-state index is 12.2. The van der Waals surface area contributed by atoms with Gasteiger partial charge in [0, 0.05) is 5.92 Å². The summed E-state index contributed by atoms with van der Waals surface area (Å²) in [7, 11) is 3.75. The SMILES string of the molecule is CC(=O)C1CCC2C3CCC4CCCCC4(C)C3CCC12C.CNC. The van der Waals surface area contributed by atoms with Crippen LogP contribution in [0.4, 0.5) is 0 Å². The molecule has 0 aromatic heterocycles. The lowest BCUT2D eigenvalue weighted by molar-refractivity contribution is -0.133. The van der Waals surface area contributed by atoms with E-state index in [0.717, 1.165) is 23.7 Å². The molecule has 2 nitrogen and oxygen atoms in total. The number of Topliss-reactive ketones (excluding diaryl/α,β-unsaturated/α-hetero) is 1. The molecular weight excluding hydrogens is 306 g/mol. The van der Waals surface area contributed by atoms with E-state index in [2.05, 4.69) is 19.2 Å². The van der Waals surface area contributed by atoms with E-state index in [1.165, 1.54) is 64.2 Å². The van der Waals surface area contributed by atoms with Crippen LogP contribution in [0.5, 0.6) is 0 Å². The lowest BCUT2D eigenvalue weighted by Crippen LogP contribution is -2.53. The molecule has 0 aliphatic heterocycles. The monoisotopic (exact) mass is 347 g/mol. The largest absolute Gasteiger partial charge is 0.323 e. The average molecular weight is 348 g/mol. The van der Waals surface area contributed by atoms with Crippen LogP contribution in [0.25, 0.3) is 0 Å². The number of hydrogen-bond acceptors (Lipinski definition) is 2. The Labute approximate surface area is 155 Å². The van der Waals surface area contributed by atoms with Crippen LogP contribution in [-0.4, -0.2) is 19.9 Å². The first-order valence-electron chi connectivity index (χ1n) is 11.0. The molecule has 0 bridgehead atoms. The third kappa shape index (κ3) is 3.11. The van der Waals surface area contributed by atoms with Gasteiger partial charge in [0.25, 0.3) is 0 Å². The molecule has 4 saturated carbocycles. The van der Waals surface area contributed by atoms with Crippen molar-refractivity contribution in [1.82, 2.24) is 5.32 Å². The van der Waals surface area contributed by atoms with Gasteiger partial charge in [0.1, 0.15) is 5.78 Å². The summed E-state index contributed by atoms with van der Waals surface area (Å²) >= 11 is 0. The van der Waals surface area contributed by atoms with Gasteiger partial charge in [0.15, 0.2) is 0 Å². The maximum absolute atomic E-state index is 12.2. The smallest absolute Gasteiger partial charge is 0.133 e. The number of nitrogens with one attached hydrogen (secondary N) is 1. The summed E-state index contributed by atoms with van der Waals surface area (Å²) in [5.74, 6) is 4.60. The van der Waals surface area contributed by atoms with E-state index in [1.54, 1.807) is 0 Å². The van der Waals surface area contributed by atoms with Crippen molar-refractivity contribution in [2.24, 2.45) is 40.4 Å². The van der Waals surface area contributed by atoms with Gasteiger partial charge in [-0.15, -0.1) is 0 Å². The molecule has 0 amide bonds. The fourth-order valence-corrected chi connectivity index (χ4v) is 7.96. The fourth-order valence-electron chi connectivity index (χ4n) is 7.96. The van der Waals surface area contributed by atoms with E-state index >= 15 is 0 Å². The number of hydrogen-bond donors (Lipinski definition) is 1. The Bertz CT molecular complexity index is 488. The van der Waals surface area contributed by atoms with Gasteiger partial charge >= 0.3 is 0 Å². The number of fused-ring (bicyclic) bond motifs is 5. The van der Waals surface area contributed by atoms with Crippen LogP contribution < -0.4 is 5.32 Å². The van der Waals surface area contributed by atoms with Crippen LogP contribution in [0, 0.1) is 40.4 Å². The Kier molecular flexibility index (Phi) is 5.69. The van der Waals surface area contributed by atoms with E-state index in [1.807, 2.05) is 21.0 Å². The van der Waals surface area contributed by atoms with Crippen LogP contribution in [0.2, 0.25) is 0 Å². The number of carbonyl (C=O) groups excluding carboxylic acids is 1. The molecule has 7 unspecified atom stereocenters. The number of carbonyl (C=O) groups is 1. The summed E-state index contributed by atoms with van der Waals surface area (Å²) in [5.41, 5.74) is 0.974. The van der Waals surface area contributed by atoms with Crippen molar-refractivity contribution in [2.75, 3.05) is 14.1 Å². The van der Waals surface area contributed by atoms with Gasteiger partial charge in [0.05, 0.1) is 0 Å². The van der Waals surface area contributed by atoms with E-state index in [9.17, 15) is 4.79 Å². The minimum atomic E-state index is 0.338. The van der Waals surface area contributed by atoms with E-state index in [4.69, 9.17) is 0 Å². The second-order valence-electron chi connectivity index (χ2n) is 10.2. The van der Waals surface area contributed by atoms with Gasteiger partial charge in [-0.2, -0.15) is 0 Å². The molecule has 144 valence electrons. The van der Waals surface area contributed by atoms with Crippen LogP contribution in [-0.2, 0) is 4.79 Å². The second kappa shape index (κ2) is 7.33. The Hall–Kier alpha value is -0.370. The molecule has 4 fully saturated rings. The van der Waals surface area contributed by atoms with Crippen molar-refractivity contribution < 1.29 is 4.79 Å². The van der Waals surface area contributed by atoms with Crippen molar-refractivity contribution in [3.8, 4) is 0 Å². The van der Waals surface area contributed by atoms with Crippen molar-refractivity contribution in [3.05, 3.63) is 0 Å². The normalized spacial score (nSPS) is 48.4. The van der Waals surface area contributed by atoms with Crippen LogP contribution in [0.15, 0.2) is 0 Å². The van der Waals surface area contributed by atoms with Crippen molar-refractivity contribution in [2.45, 2.75) is 85.0 Å². The molecule has 0 saturated heterocycles. The van der Waals surface area contributed by atoms with E-state index < -0.39 is 0 Å². The van der Waals surface area contributed by atoms with Gasteiger partial charge < -0.3 is 5.32 Å². The highest BCUT2D eigenvalue weighted by Crippen LogP contribution is 2.67. The Balaban J connectivity index is 0.000000569. The molecule has 0 aromatic rings. The molecule has 4 rings (SSSR count). The molecule has 7 atom stereocenters. The van der Waals surface area contributed by atoms with Gasteiger partial charge in [-0.3, -0.25) is 4.79 Å². The Morgan fingerprint density at radius 3 is 2.20 bits per heavy atom. The lowest BCUT2D eigenvalue weighted by atomic mass is 9.45. The van der Waals surface area contributed by atoms with E-state index in [-0.39, 0.29) is 0 Å². The van der Waals surface area contributed by atoms with Gasteiger partial charge in [0.2, 0.25) is 0 Å². The van der Waals surface area contributed by atoms with E-state index in [0.29, 0.717) is 22.5 Å². The van der Waals surface area contributed by atoms with Crippen molar-refractivity contribution >= 4 is 5.78 Å². The number of ketones is 1. The highest BCUT2D eigenvalue weighted by molar-refractivity contribution is 5.79. The van der Waals surface area contributed by atoms with Crippen LogP contribution in [0.1, 0.15) is 85.0 Å². The van der Waals surface area contributed by atoms with Crippen molar-refractivity contribution in [3.63, 3.8) is 0 Å². The predicted octanol–water partition coefficient (Wildman–Crippen LogP) is 5.46. The zero-order chi connectivity index (χ0) is 18.2. The summed E-state index contributed by atoms with van der Waals surface area (Å²) in [6.45, 7) is 6.97. The molecular formula is C23H41NO. The molecule has 25 heavy (non-hydrogen) atoms. The molecule has 1 N–H and O–H groups in total. The summed E-state index contributed by atoms with van der Waals surface area (Å²) in [5, 5.41) is 2.75. The topological polar surface area (TPSA) is 29.1 Å². The van der Waals surface area contributed by atoms with Crippen molar-refractivity contribution in [1.29, 1.82) is 0 Å². The molecule has 2 heteroatoms. The maximum Gasteiger partial charge on any atom is 0.133 e. The summed E-state index contributed by atoms with van der Waals surface area (Å²) in [6, 6.07) is 0. The third-order valence-electron chi connectivity index (χ3n) is 9.07. The van der Waals surface area contributed by atoms with Gasteiger partial charge in [-0.25, -0.2) is 0 Å². The zero-order valence-electron chi connectivity index (χ0n) is 17.4. The van der Waals surface area contributed by atoms with Gasteiger partial charge in [-0.05, 0) is 107 Å². The molecule has 4 aliphatic rings. The first-order valence-corrected chi connectivity index (χ1v) is 11.0. The minimum Gasteiger partial charge on any atom is -0.323 e. The zero-order valence-corrected chi connectivity index (χ0v) is 17.4. The molecule has 0 aromatic carbocycles. The molecule has 0 spiro atoms. The number of rotatable bonds is 1. The molecule has 0 radical (unpaired) electrons. The lowest BCUT2D eigenvalue weighted by Gasteiger charge is -2.60. The summed E-state index contributed by atoms with van der Waals surface area (Å²) < 4.78 is 0. The summed E-state index contributed by atoms with van der Waals surface area (Å²) in [4.78, 5) is 12.2. The first-order chi connectivity index (χ1) is 11.9. The Morgan fingerprint density at radius 2 is 1.52 bits per heavy atom. The van der Waals surface area contributed by atoms with Crippen LogP contribution >= 0.6 is 0 Å². The standard InChI is InChI=1S/C21H34O.C2H7N/c1-14(22)17-9-10-18-16-8-7-15-6-4-5-12-20(15,2)19(16)11-13-21(17,18)3;1-3-2/h15-19H,4-13H2,1-3H3;3H,1-2H3. The van der Waals surface area contributed by atoms with Crippen LogP contribution in [0.3, 0.4) is 0 Å². The highest BCUT2D eigenvalue weighted by atomic mass is 16.1. The third-order valence-corrected chi connectivity index (χ3v) is 9.07. The minimum absolute atomic E-state index is 0.338.